The summed E-state index contributed by atoms with van der Waals surface area (Å²) in [5, 5.41) is 7.15. The van der Waals surface area contributed by atoms with Gasteiger partial charge in [-0.2, -0.15) is 0 Å². The SMILES string of the molecule is COc1ccc(C(=O)Nc2cccc([C@@H](C)Nc3ncnc4ccccc34)c2)cc1F. The quantitative estimate of drug-likeness (QED) is 0.452. The van der Waals surface area contributed by atoms with Crippen molar-refractivity contribution in [1.82, 2.24) is 9.97 Å². The molecule has 0 aliphatic heterocycles. The molecule has 0 bridgehead atoms. The number of halogens is 1. The van der Waals surface area contributed by atoms with Crippen LogP contribution in [-0.4, -0.2) is 23.0 Å². The summed E-state index contributed by atoms with van der Waals surface area (Å²) >= 11 is 0. The van der Waals surface area contributed by atoms with Crippen LogP contribution in [-0.2, 0) is 0 Å². The molecule has 0 radical (unpaired) electrons. The Hall–Kier alpha value is -4.00. The van der Waals surface area contributed by atoms with Crippen molar-refractivity contribution < 1.29 is 13.9 Å². The summed E-state index contributed by atoms with van der Waals surface area (Å²) in [7, 11) is 1.38. The molecule has 6 nitrogen and oxygen atoms in total. The predicted octanol–water partition coefficient (Wildman–Crippen LogP) is 5.20. The highest BCUT2D eigenvalue weighted by atomic mass is 19.1. The molecule has 1 heterocycles. The topological polar surface area (TPSA) is 76.1 Å². The molecule has 0 unspecified atom stereocenters. The van der Waals surface area contributed by atoms with E-state index < -0.39 is 11.7 Å². The number of hydrogen-bond acceptors (Lipinski definition) is 5. The molecular formula is C24H21FN4O2. The second kappa shape index (κ2) is 8.79. The van der Waals surface area contributed by atoms with Gasteiger partial charge in [0.2, 0.25) is 0 Å². The summed E-state index contributed by atoms with van der Waals surface area (Å²) in [6, 6.07) is 19.3. The van der Waals surface area contributed by atoms with E-state index in [0.717, 1.165) is 28.4 Å². The summed E-state index contributed by atoms with van der Waals surface area (Å²) in [6.07, 6.45) is 1.53. The first kappa shape index (κ1) is 20.3. The number of ether oxygens (including phenoxy) is 1. The van der Waals surface area contributed by atoms with Crippen LogP contribution < -0.4 is 15.4 Å². The van der Waals surface area contributed by atoms with E-state index in [4.69, 9.17) is 4.74 Å². The van der Waals surface area contributed by atoms with Crippen molar-refractivity contribution in [2.75, 3.05) is 17.7 Å². The number of aromatic nitrogens is 2. The Kier molecular flexibility index (Phi) is 5.75. The third-order valence-electron chi connectivity index (χ3n) is 4.95. The Balaban J connectivity index is 1.51. The number of carbonyl (C=O) groups excluding carboxylic acids is 1. The minimum Gasteiger partial charge on any atom is -0.494 e. The fourth-order valence-electron chi connectivity index (χ4n) is 3.30. The van der Waals surface area contributed by atoms with Gasteiger partial charge < -0.3 is 15.4 Å². The van der Waals surface area contributed by atoms with Crippen molar-refractivity contribution in [3.8, 4) is 5.75 Å². The minimum atomic E-state index is -0.584. The van der Waals surface area contributed by atoms with Crippen LogP contribution in [0.1, 0.15) is 28.9 Å². The van der Waals surface area contributed by atoms with E-state index in [0.29, 0.717) is 5.69 Å². The zero-order valence-corrected chi connectivity index (χ0v) is 17.1. The third-order valence-corrected chi connectivity index (χ3v) is 4.95. The minimum absolute atomic E-state index is 0.0754. The van der Waals surface area contributed by atoms with E-state index >= 15 is 0 Å². The Bertz CT molecular complexity index is 1240. The van der Waals surface area contributed by atoms with Gasteiger partial charge in [0.05, 0.1) is 18.7 Å². The Labute approximate surface area is 179 Å². The van der Waals surface area contributed by atoms with Crippen LogP contribution in [0.25, 0.3) is 10.9 Å². The largest absolute Gasteiger partial charge is 0.494 e. The fourth-order valence-corrected chi connectivity index (χ4v) is 3.30. The van der Waals surface area contributed by atoms with E-state index in [1.165, 1.54) is 25.6 Å². The van der Waals surface area contributed by atoms with E-state index in [2.05, 4.69) is 20.6 Å². The molecule has 1 amide bonds. The highest BCUT2D eigenvalue weighted by Crippen LogP contribution is 2.25. The fraction of sp³-hybridized carbons (Fsp3) is 0.125. The molecule has 1 aromatic heterocycles. The van der Waals surface area contributed by atoms with Gasteiger partial charge in [-0.1, -0.05) is 24.3 Å². The molecule has 0 saturated heterocycles. The first-order valence-electron chi connectivity index (χ1n) is 9.76. The molecule has 2 N–H and O–H groups in total. The first-order valence-corrected chi connectivity index (χ1v) is 9.76. The molecule has 1 atom stereocenters. The average molecular weight is 416 g/mol. The normalized spacial score (nSPS) is 11.7. The lowest BCUT2D eigenvalue weighted by atomic mass is 10.1. The van der Waals surface area contributed by atoms with E-state index in [-0.39, 0.29) is 17.4 Å². The average Bonchev–Trinajstić information content (AvgIpc) is 2.79. The van der Waals surface area contributed by atoms with Gasteiger partial charge in [0.1, 0.15) is 12.1 Å². The standard InChI is InChI=1S/C24H21FN4O2/c1-15(28-23-19-8-3-4-9-21(19)26-14-27-23)16-6-5-7-18(12-16)29-24(30)17-10-11-22(31-2)20(25)13-17/h3-15H,1-2H3,(H,29,30)(H,26,27,28)/t15-/m1/s1. The van der Waals surface area contributed by atoms with Crippen LogP contribution in [0.5, 0.6) is 5.75 Å². The molecule has 0 saturated carbocycles. The zero-order chi connectivity index (χ0) is 21.8. The van der Waals surface area contributed by atoms with Gasteiger partial charge in [-0.15, -0.1) is 0 Å². The van der Waals surface area contributed by atoms with Crippen LogP contribution in [0.4, 0.5) is 15.9 Å². The molecule has 3 aromatic carbocycles. The van der Waals surface area contributed by atoms with Crippen molar-refractivity contribution in [1.29, 1.82) is 0 Å². The van der Waals surface area contributed by atoms with Crippen LogP contribution >= 0.6 is 0 Å². The number of methoxy groups -OCH3 is 1. The van der Waals surface area contributed by atoms with Crippen molar-refractivity contribution in [2.24, 2.45) is 0 Å². The molecule has 0 spiro atoms. The molecule has 156 valence electrons. The Morgan fingerprint density at radius 2 is 1.87 bits per heavy atom. The van der Waals surface area contributed by atoms with Gasteiger partial charge in [-0.25, -0.2) is 14.4 Å². The number of benzene rings is 3. The third kappa shape index (κ3) is 4.45. The summed E-state index contributed by atoms with van der Waals surface area (Å²) in [5.41, 5.74) is 2.64. The number of anilines is 2. The second-order valence-electron chi connectivity index (χ2n) is 7.03. The van der Waals surface area contributed by atoms with Crippen LogP contribution in [0.15, 0.2) is 73.1 Å². The van der Waals surface area contributed by atoms with Gasteiger partial charge >= 0.3 is 0 Å². The highest BCUT2D eigenvalue weighted by Gasteiger charge is 2.13. The maximum absolute atomic E-state index is 13.9. The molecule has 0 aliphatic carbocycles. The molecule has 0 aliphatic rings. The molecule has 7 heteroatoms. The molecular weight excluding hydrogens is 395 g/mol. The van der Waals surface area contributed by atoms with Crippen LogP contribution in [0.3, 0.4) is 0 Å². The number of hydrogen-bond donors (Lipinski definition) is 2. The molecule has 31 heavy (non-hydrogen) atoms. The molecule has 0 fully saturated rings. The monoisotopic (exact) mass is 416 g/mol. The lowest BCUT2D eigenvalue weighted by molar-refractivity contribution is 0.102. The number of nitrogens with zero attached hydrogens (tertiary/aromatic N) is 2. The van der Waals surface area contributed by atoms with E-state index in [1.807, 2.05) is 49.4 Å². The Morgan fingerprint density at radius 1 is 1.03 bits per heavy atom. The predicted molar refractivity (Wildman–Crippen MR) is 119 cm³/mol. The number of fused-ring (bicyclic) bond motifs is 1. The number of nitrogens with one attached hydrogen (secondary N) is 2. The smallest absolute Gasteiger partial charge is 0.255 e. The van der Waals surface area contributed by atoms with Crippen molar-refractivity contribution in [3.05, 3.63) is 90.0 Å². The van der Waals surface area contributed by atoms with Crippen molar-refractivity contribution in [2.45, 2.75) is 13.0 Å². The molecule has 4 rings (SSSR count). The van der Waals surface area contributed by atoms with Crippen molar-refractivity contribution in [3.63, 3.8) is 0 Å². The van der Waals surface area contributed by atoms with E-state index in [9.17, 15) is 9.18 Å². The lowest BCUT2D eigenvalue weighted by Crippen LogP contribution is -2.13. The number of amides is 1. The number of rotatable bonds is 6. The van der Waals surface area contributed by atoms with Gasteiger partial charge in [0.15, 0.2) is 11.6 Å². The molecule has 4 aromatic rings. The lowest BCUT2D eigenvalue weighted by Gasteiger charge is -2.17. The van der Waals surface area contributed by atoms with Gasteiger partial charge in [0, 0.05) is 16.6 Å². The summed E-state index contributed by atoms with van der Waals surface area (Å²) in [4.78, 5) is 21.2. The summed E-state index contributed by atoms with van der Waals surface area (Å²) < 4.78 is 18.8. The summed E-state index contributed by atoms with van der Waals surface area (Å²) in [6.45, 7) is 2.01. The van der Waals surface area contributed by atoms with Crippen molar-refractivity contribution >= 4 is 28.3 Å². The zero-order valence-electron chi connectivity index (χ0n) is 17.1. The van der Waals surface area contributed by atoms with Gasteiger partial charge in [-0.05, 0) is 55.0 Å². The maximum Gasteiger partial charge on any atom is 0.255 e. The number of carbonyl (C=O) groups is 1. The Morgan fingerprint density at radius 3 is 2.68 bits per heavy atom. The van der Waals surface area contributed by atoms with Crippen LogP contribution in [0, 0.1) is 5.82 Å². The first-order chi connectivity index (χ1) is 15.0. The second-order valence-corrected chi connectivity index (χ2v) is 7.03. The highest BCUT2D eigenvalue weighted by molar-refractivity contribution is 6.04. The summed E-state index contributed by atoms with van der Waals surface area (Å²) in [5.74, 6) is -0.156. The van der Waals surface area contributed by atoms with Crippen LogP contribution in [0.2, 0.25) is 0 Å². The number of para-hydroxylation sites is 1. The van der Waals surface area contributed by atoms with Gasteiger partial charge in [0.25, 0.3) is 5.91 Å². The maximum atomic E-state index is 13.9. The van der Waals surface area contributed by atoms with E-state index in [1.54, 1.807) is 6.07 Å². The van der Waals surface area contributed by atoms with Gasteiger partial charge in [-0.3, -0.25) is 4.79 Å².